The second kappa shape index (κ2) is 3.27. The van der Waals surface area contributed by atoms with E-state index in [1.807, 2.05) is 13.0 Å². The normalized spacial score (nSPS) is 10.8. The van der Waals surface area contributed by atoms with Gasteiger partial charge in [0, 0.05) is 10.2 Å². The van der Waals surface area contributed by atoms with E-state index in [4.69, 9.17) is 10.0 Å². The molecule has 0 spiro atoms. The van der Waals surface area contributed by atoms with E-state index in [9.17, 15) is 5.11 Å². The Morgan fingerprint density at radius 2 is 2.00 bits per heavy atom. The Balaban J connectivity index is 2.74. The summed E-state index contributed by atoms with van der Waals surface area (Å²) in [4.78, 5) is 0. The highest BCUT2D eigenvalue weighted by Gasteiger charge is 2.17. The number of thiophene rings is 1. The molecule has 0 amide bonds. The van der Waals surface area contributed by atoms with Crippen LogP contribution in [0.4, 0.5) is 0 Å². The predicted octanol–water partition coefficient (Wildman–Crippen LogP) is 0.595. The predicted molar refractivity (Wildman–Crippen MR) is 58.1 cm³/mol. The second-order valence-corrected chi connectivity index (χ2v) is 4.11. The molecule has 3 nitrogen and oxygen atoms in total. The van der Waals surface area contributed by atoms with Crippen molar-refractivity contribution in [3.05, 3.63) is 23.1 Å². The summed E-state index contributed by atoms with van der Waals surface area (Å²) >= 11 is 1.43. The van der Waals surface area contributed by atoms with Gasteiger partial charge in [-0.2, -0.15) is 0 Å². The molecule has 0 aliphatic carbocycles. The van der Waals surface area contributed by atoms with Crippen molar-refractivity contribution in [1.82, 2.24) is 0 Å². The second-order valence-electron chi connectivity index (χ2n) is 3.20. The molecule has 0 bridgehead atoms. The zero-order valence-corrected chi connectivity index (χ0v) is 8.38. The molecule has 0 fully saturated rings. The molecule has 1 heterocycles. The van der Waals surface area contributed by atoms with Crippen LogP contribution >= 0.6 is 11.3 Å². The van der Waals surface area contributed by atoms with Crippen LogP contribution in [0.2, 0.25) is 0 Å². The average molecular weight is 208 g/mol. The fraction of sp³-hybridized carbons (Fsp3) is 0.111. The molecule has 0 aliphatic heterocycles. The molecule has 0 radical (unpaired) electrons. The summed E-state index contributed by atoms with van der Waals surface area (Å²) in [7, 11) is -1.48. The number of hydrogen-bond donors (Lipinski definition) is 3. The minimum Gasteiger partial charge on any atom is -0.508 e. The highest BCUT2D eigenvalue weighted by atomic mass is 32.1. The van der Waals surface area contributed by atoms with Gasteiger partial charge in [-0.25, -0.2) is 0 Å². The van der Waals surface area contributed by atoms with E-state index in [-0.39, 0.29) is 5.75 Å². The number of aromatic hydroxyl groups is 1. The minimum atomic E-state index is -1.48. The highest BCUT2D eigenvalue weighted by molar-refractivity contribution is 7.18. The van der Waals surface area contributed by atoms with Crippen LogP contribution in [0.25, 0.3) is 10.1 Å². The maximum Gasteiger partial charge on any atom is 0.489 e. The van der Waals surface area contributed by atoms with Crippen LogP contribution in [0.5, 0.6) is 5.75 Å². The van der Waals surface area contributed by atoms with E-state index in [2.05, 4.69) is 0 Å². The number of benzene rings is 1. The van der Waals surface area contributed by atoms with Gasteiger partial charge >= 0.3 is 7.12 Å². The van der Waals surface area contributed by atoms with Gasteiger partial charge in [0.1, 0.15) is 5.75 Å². The monoisotopic (exact) mass is 208 g/mol. The highest BCUT2D eigenvalue weighted by Crippen LogP contribution is 2.26. The molecule has 2 aromatic rings. The van der Waals surface area contributed by atoms with E-state index in [0.717, 1.165) is 10.3 Å². The number of aryl methyl sites for hydroxylation is 1. The van der Waals surface area contributed by atoms with Crippen molar-refractivity contribution >= 4 is 34.0 Å². The van der Waals surface area contributed by atoms with Crippen molar-refractivity contribution in [1.29, 1.82) is 0 Å². The molecule has 3 N–H and O–H groups in total. The van der Waals surface area contributed by atoms with Crippen molar-refractivity contribution in [2.75, 3.05) is 0 Å². The molecule has 1 aromatic heterocycles. The van der Waals surface area contributed by atoms with Gasteiger partial charge in [-0.15, -0.1) is 11.3 Å². The molecular weight excluding hydrogens is 199 g/mol. The molecule has 2 rings (SSSR count). The summed E-state index contributed by atoms with van der Waals surface area (Å²) in [5.41, 5.74) is 1.23. The third-order valence-corrected chi connectivity index (χ3v) is 3.16. The Labute approximate surface area is 85.4 Å². The van der Waals surface area contributed by atoms with Crippen molar-refractivity contribution in [2.24, 2.45) is 0 Å². The zero-order chi connectivity index (χ0) is 10.3. The van der Waals surface area contributed by atoms with Crippen LogP contribution in [0.1, 0.15) is 5.56 Å². The lowest BCUT2D eigenvalue weighted by Gasteiger charge is -2.00. The molecule has 0 unspecified atom stereocenters. The van der Waals surface area contributed by atoms with Crippen molar-refractivity contribution < 1.29 is 15.2 Å². The van der Waals surface area contributed by atoms with Gasteiger partial charge in [-0.3, -0.25) is 0 Å². The summed E-state index contributed by atoms with van der Waals surface area (Å²) in [6.45, 7) is 1.81. The molecular formula is C9H9BO3S. The van der Waals surface area contributed by atoms with Crippen molar-refractivity contribution in [2.45, 2.75) is 6.92 Å². The first-order valence-electron chi connectivity index (χ1n) is 4.16. The van der Waals surface area contributed by atoms with Gasteiger partial charge in [0.15, 0.2) is 0 Å². The lowest BCUT2D eigenvalue weighted by molar-refractivity contribution is 0.426. The summed E-state index contributed by atoms with van der Waals surface area (Å²) in [6.07, 6.45) is 0. The Hall–Kier alpha value is -1.04. The van der Waals surface area contributed by atoms with Crippen LogP contribution in [0.3, 0.4) is 0 Å². The van der Waals surface area contributed by atoms with Crippen LogP contribution in [-0.2, 0) is 0 Å². The molecule has 72 valence electrons. The van der Waals surface area contributed by atoms with Gasteiger partial charge in [-0.05, 0) is 35.4 Å². The summed E-state index contributed by atoms with van der Waals surface area (Å²) in [5.74, 6) is 0.179. The molecule has 0 aliphatic rings. The van der Waals surface area contributed by atoms with E-state index in [1.54, 1.807) is 11.4 Å². The smallest absolute Gasteiger partial charge is 0.489 e. The number of fused-ring (bicyclic) bond motifs is 1. The molecule has 0 atom stereocenters. The number of rotatable bonds is 1. The van der Waals surface area contributed by atoms with Gasteiger partial charge in [0.05, 0.1) is 0 Å². The molecule has 5 heteroatoms. The number of phenols is 1. The van der Waals surface area contributed by atoms with Crippen LogP contribution in [-0.4, -0.2) is 22.3 Å². The maximum absolute atomic E-state index is 9.48. The van der Waals surface area contributed by atoms with Crippen molar-refractivity contribution in [3.63, 3.8) is 0 Å². The van der Waals surface area contributed by atoms with Gasteiger partial charge < -0.3 is 15.2 Å². The van der Waals surface area contributed by atoms with Crippen LogP contribution in [0, 0.1) is 6.92 Å². The van der Waals surface area contributed by atoms with E-state index < -0.39 is 7.12 Å². The third-order valence-electron chi connectivity index (χ3n) is 2.20. The van der Waals surface area contributed by atoms with E-state index >= 15 is 0 Å². The fourth-order valence-corrected chi connectivity index (χ4v) is 2.43. The zero-order valence-electron chi connectivity index (χ0n) is 7.56. The molecule has 14 heavy (non-hydrogen) atoms. The summed E-state index contributed by atoms with van der Waals surface area (Å²) in [5, 5.41) is 30.0. The third kappa shape index (κ3) is 1.39. The van der Waals surface area contributed by atoms with Gasteiger partial charge in [0.25, 0.3) is 0 Å². The van der Waals surface area contributed by atoms with Crippen LogP contribution < -0.4 is 5.46 Å². The quantitative estimate of drug-likeness (QED) is 0.601. The van der Waals surface area contributed by atoms with Crippen molar-refractivity contribution in [3.8, 4) is 5.75 Å². The minimum absolute atomic E-state index is 0.179. The lowest BCUT2D eigenvalue weighted by Crippen LogP contribution is -2.28. The first-order valence-corrected chi connectivity index (χ1v) is 5.04. The average Bonchev–Trinajstić information content (AvgIpc) is 2.48. The van der Waals surface area contributed by atoms with E-state index in [1.165, 1.54) is 11.3 Å². The Bertz CT molecular complexity index is 478. The summed E-state index contributed by atoms with van der Waals surface area (Å²) < 4.78 is 0.948. The maximum atomic E-state index is 9.48. The lowest BCUT2D eigenvalue weighted by atomic mass is 9.80. The van der Waals surface area contributed by atoms with Crippen LogP contribution in [0.15, 0.2) is 17.5 Å². The Kier molecular flexibility index (Phi) is 2.22. The molecule has 1 aromatic carbocycles. The van der Waals surface area contributed by atoms with Gasteiger partial charge in [0.2, 0.25) is 0 Å². The Morgan fingerprint density at radius 1 is 1.29 bits per heavy atom. The first-order chi connectivity index (χ1) is 6.59. The topological polar surface area (TPSA) is 60.7 Å². The number of phenolic OH excluding ortho intramolecular Hbond substituents is 1. The SMILES string of the molecule is Cc1cc2scc(B(O)O)c2cc1O. The molecule has 0 saturated heterocycles. The first kappa shape index (κ1) is 9.52. The van der Waals surface area contributed by atoms with Gasteiger partial charge in [-0.1, -0.05) is 0 Å². The fourth-order valence-electron chi connectivity index (χ4n) is 1.38. The Morgan fingerprint density at radius 3 is 2.64 bits per heavy atom. The number of hydrogen-bond acceptors (Lipinski definition) is 4. The largest absolute Gasteiger partial charge is 0.508 e. The standard InChI is InChI=1S/C9H9BO3S/c1-5-2-9-6(3-8(5)11)7(4-14-9)10(12)13/h2-4,11-13H,1H3. The summed E-state index contributed by atoms with van der Waals surface area (Å²) in [6, 6.07) is 3.40. The van der Waals surface area contributed by atoms with E-state index in [0.29, 0.717) is 10.8 Å². The molecule has 0 saturated carbocycles.